The van der Waals surface area contributed by atoms with E-state index in [-0.39, 0.29) is 11.0 Å². The molecule has 0 radical (unpaired) electrons. The molecular formula is C18H21NO4S. The zero-order chi connectivity index (χ0) is 17.0. The molecule has 1 aliphatic rings. The molecule has 2 aromatic carbocycles. The van der Waals surface area contributed by atoms with Crippen molar-refractivity contribution in [3.63, 3.8) is 0 Å². The molecule has 5 nitrogen and oxygen atoms in total. The van der Waals surface area contributed by atoms with Gasteiger partial charge in [-0.25, -0.2) is 8.42 Å². The number of ether oxygens (including phenoxy) is 2. The first-order valence-electron chi connectivity index (χ1n) is 8.04. The van der Waals surface area contributed by atoms with Gasteiger partial charge in [0.25, 0.3) is 10.0 Å². The van der Waals surface area contributed by atoms with E-state index in [4.69, 9.17) is 9.47 Å². The van der Waals surface area contributed by atoms with E-state index < -0.39 is 10.0 Å². The molecule has 1 unspecified atom stereocenters. The lowest BCUT2D eigenvalue weighted by molar-refractivity contribution is 0.260. The quantitative estimate of drug-likeness (QED) is 0.745. The van der Waals surface area contributed by atoms with E-state index in [1.807, 2.05) is 19.1 Å². The largest absolute Gasteiger partial charge is 0.490 e. The highest BCUT2D eigenvalue weighted by Crippen LogP contribution is 2.29. The van der Waals surface area contributed by atoms with Crippen LogP contribution >= 0.6 is 0 Å². The highest BCUT2D eigenvalue weighted by atomic mass is 32.2. The molecule has 0 bridgehead atoms. The lowest BCUT2D eigenvalue weighted by Gasteiger charge is -2.16. The van der Waals surface area contributed by atoms with Gasteiger partial charge in [-0.3, -0.25) is 4.72 Å². The average molecular weight is 347 g/mol. The molecule has 0 amide bonds. The first kappa shape index (κ1) is 16.8. The summed E-state index contributed by atoms with van der Waals surface area (Å²) in [5.74, 6) is 0.614. The Balaban J connectivity index is 1.91. The molecule has 3 rings (SSSR count). The van der Waals surface area contributed by atoms with Gasteiger partial charge in [0.2, 0.25) is 0 Å². The van der Waals surface area contributed by atoms with Crippen molar-refractivity contribution in [3.05, 3.63) is 54.1 Å². The maximum absolute atomic E-state index is 12.8. The summed E-state index contributed by atoms with van der Waals surface area (Å²) in [6.07, 6.45) is 1.59. The number of anilines is 1. The lowest BCUT2D eigenvalue weighted by Crippen LogP contribution is -2.16. The summed E-state index contributed by atoms with van der Waals surface area (Å²) in [5, 5.41) is 0. The minimum absolute atomic E-state index is 0.127. The third-order valence-corrected chi connectivity index (χ3v) is 5.20. The second kappa shape index (κ2) is 7.23. The van der Waals surface area contributed by atoms with Crippen LogP contribution in [0.25, 0.3) is 0 Å². The maximum Gasteiger partial charge on any atom is 0.262 e. The maximum atomic E-state index is 12.8. The van der Waals surface area contributed by atoms with Crippen LogP contribution < -0.4 is 9.46 Å². The zero-order valence-electron chi connectivity index (χ0n) is 13.6. The Hall–Kier alpha value is -2.05. The Labute approximate surface area is 142 Å². The Morgan fingerprint density at radius 2 is 1.92 bits per heavy atom. The number of nitrogens with one attached hydrogen (secondary N) is 1. The van der Waals surface area contributed by atoms with Gasteiger partial charge in [0, 0.05) is 11.3 Å². The molecule has 6 heteroatoms. The molecule has 0 spiro atoms. The normalized spacial score (nSPS) is 16.6. The molecule has 1 atom stereocenters. The van der Waals surface area contributed by atoms with E-state index in [2.05, 4.69) is 4.72 Å². The minimum atomic E-state index is -3.67. The van der Waals surface area contributed by atoms with Gasteiger partial charge in [-0.2, -0.15) is 0 Å². The van der Waals surface area contributed by atoms with Crippen molar-refractivity contribution in [1.29, 1.82) is 0 Å². The fourth-order valence-electron chi connectivity index (χ4n) is 2.49. The molecule has 0 aliphatic carbocycles. The Bertz CT molecular complexity index is 786. The molecular weight excluding hydrogens is 326 g/mol. The van der Waals surface area contributed by atoms with Crippen LogP contribution in [0.2, 0.25) is 0 Å². The van der Waals surface area contributed by atoms with E-state index in [0.717, 1.165) is 6.42 Å². The molecule has 1 aliphatic heterocycles. The van der Waals surface area contributed by atoms with E-state index in [1.54, 1.807) is 36.4 Å². The summed E-state index contributed by atoms with van der Waals surface area (Å²) in [7, 11) is -3.67. The van der Waals surface area contributed by atoms with Crippen molar-refractivity contribution >= 4 is 15.7 Å². The summed E-state index contributed by atoms with van der Waals surface area (Å²) in [6.45, 7) is 3.17. The van der Waals surface area contributed by atoms with Gasteiger partial charge >= 0.3 is 0 Å². The van der Waals surface area contributed by atoms with Crippen LogP contribution in [0.15, 0.2) is 53.4 Å². The van der Waals surface area contributed by atoms with Gasteiger partial charge in [-0.15, -0.1) is 0 Å². The SMILES string of the molecule is CCCc1c(OCC2CO2)cccc1S(=O)(=O)Nc1ccccc1. The highest BCUT2D eigenvalue weighted by molar-refractivity contribution is 7.92. The van der Waals surface area contributed by atoms with Crippen LogP contribution in [0.1, 0.15) is 18.9 Å². The molecule has 1 fully saturated rings. The summed E-state index contributed by atoms with van der Waals surface area (Å²) < 4.78 is 39.2. The Morgan fingerprint density at radius 3 is 2.58 bits per heavy atom. The van der Waals surface area contributed by atoms with Crippen molar-refractivity contribution in [2.45, 2.75) is 30.8 Å². The van der Waals surface area contributed by atoms with Gasteiger partial charge in [0.15, 0.2) is 0 Å². The standard InChI is InChI=1S/C18H21NO4S/c1-2-7-16-17(23-13-15-12-22-15)10-6-11-18(16)24(20,21)19-14-8-4-3-5-9-14/h3-6,8-11,15,19H,2,7,12-13H2,1H3. The lowest BCUT2D eigenvalue weighted by atomic mass is 10.1. The van der Waals surface area contributed by atoms with Gasteiger partial charge in [-0.05, 0) is 30.7 Å². The second-order valence-electron chi connectivity index (χ2n) is 5.72. The molecule has 128 valence electrons. The third kappa shape index (κ3) is 4.07. The molecule has 24 heavy (non-hydrogen) atoms. The van der Waals surface area contributed by atoms with Crippen LogP contribution in [-0.4, -0.2) is 27.7 Å². The summed E-state index contributed by atoms with van der Waals surface area (Å²) in [6, 6.07) is 14.0. The van der Waals surface area contributed by atoms with Crippen molar-refractivity contribution in [1.82, 2.24) is 0 Å². The number of para-hydroxylation sites is 1. The van der Waals surface area contributed by atoms with Gasteiger partial charge < -0.3 is 9.47 Å². The number of sulfonamides is 1. The van der Waals surface area contributed by atoms with Gasteiger partial charge in [0.1, 0.15) is 18.5 Å². The minimum Gasteiger partial charge on any atom is -0.490 e. The molecule has 1 heterocycles. The van der Waals surface area contributed by atoms with Gasteiger partial charge in [-0.1, -0.05) is 37.6 Å². The monoisotopic (exact) mass is 347 g/mol. The summed E-state index contributed by atoms with van der Waals surface area (Å²) in [4.78, 5) is 0.266. The van der Waals surface area contributed by atoms with Crippen LogP contribution in [0.4, 0.5) is 5.69 Å². The number of hydrogen-bond acceptors (Lipinski definition) is 4. The first-order valence-corrected chi connectivity index (χ1v) is 9.52. The van der Waals surface area contributed by atoms with Crippen LogP contribution in [0, 0.1) is 0 Å². The molecule has 1 saturated heterocycles. The predicted octanol–water partition coefficient (Wildman–Crippen LogP) is 3.22. The van der Waals surface area contributed by atoms with E-state index >= 15 is 0 Å². The first-order chi connectivity index (χ1) is 11.6. The predicted molar refractivity (Wildman–Crippen MR) is 92.9 cm³/mol. The number of benzene rings is 2. The topological polar surface area (TPSA) is 67.9 Å². The van der Waals surface area contributed by atoms with Crippen molar-refractivity contribution in [2.75, 3.05) is 17.9 Å². The van der Waals surface area contributed by atoms with E-state index in [1.165, 1.54) is 0 Å². The Kier molecular flexibility index (Phi) is 5.06. The number of epoxide rings is 1. The van der Waals surface area contributed by atoms with Crippen molar-refractivity contribution < 1.29 is 17.9 Å². The average Bonchev–Trinajstić information content (AvgIpc) is 3.39. The Morgan fingerprint density at radius 1 is 1.17 bits per heavy atom. The number of rotatable bonds is 8. The second-order valence-corrected chi connectivity index (χ2v) is 7.37. The van der Waals surface area contributed by atoms with E-state index in [9.17, 15) is 8.42 Å². The smallest absolute Gasteiger partial charge is 0.262 e. The molecule has 2 aromatic rings. The van der Waals surface area contributed by atoms with Crippen LogP contribution in [-0.2, 0) is 21.2 Å². The third-order valence-electron chi connectivity index (χ3n) is 3.73. The summed E-state index contributed by atoms with van der Waals surface area (Å²) >= 11 is 0. The fraction of sp³-hybridized carbons (Fsp3) is 0.333. The fourth-order valence-corrected chi connectivity index (χ4v) is 3.83. The number of hydrogen-bond donors (Lipinski definition) is 1. The zero-order valence-corrected chi connectivity index (χ0v) is 14.4. The van der Waals surface area contributed by atoms with Crippen LogP contribution in [0.3, 0.4) is 0 Å². The molecule has 0 aromatic heterocycles. The van der Waals surface area contributed by atoms with Crippen LogP contribution in [0.5, 0.6) is 5.75 Å². The van der Waals surface area contributed by atoms with Crippen molar-refractivity contribution in [2.24, 2.45) is 0 Å². The molecule has 0 saturated carbocycles. The summed E-state index contributed by atoms with van der Waals surface area (Å²) in [5.41, 5.74) is 1.25. The molecule has 1 N–H and O–H groups in total. The van der Waals surface area contributed by atoms with Crippen molar-refractivity contribution in [3.8, 4) is 5.75 Å². The van der Waals surface area contributed by atoms with Gasteiger partial charge in [0.05, 0.1) is 11.5 Å². The highest BCUT2D eigenvalue weighted by Gasteiger charge is 2.25. The van der Waals surface area contributed by atoms with E-state index in [0.29, 0.717) is 36.6 Å².